The smallest absolute Gasteiger partial charge is 0.264 e. The van der Waals surface area contributed by atoms with Crippen LogP contribution in [-0.2, 0) is 27.7 Å². The average Bonchev–Trinajstić information content (AvgIpc) is 2.86. The van der Waals surface area contributed by atoms with Crippen LogP contribution in [0.1, 0.15) is 37.0 Å². The molecule has 0 saturated heterocycles. The zero-order valence-corrected chi connectivity index (χ0v) is 21.5. The molecule has 35 heavy (non-hydrogen) atoms. The van der Waals surface area contributed by atoms with Gasteiger partial charge < -0.3 is 10.1 Å². The van der Waals surface area contributed by atoms with Crippen LogP contribution in [0, 0.1) is 6.92 Å². The highest BCUT2D eigenvalue weighted by Gasteiger charge is 2.28. The van der Waals surface area contributed by atoms with Crippen LogP contribution in [0.25, 0.3) is 0 Å². The van der Waals surface area contributed by atoms with Crippen molar-refractivity contribution < 1.29 is 17.9 Å². The number of carbonyl (C=O) groups is 1. The number of hydrogen-bond donors (Lipinski definition) is 1. The molecule has 0 aliphatic heterocycles. The Kier molecular flexibility index (Phi) is 9.32. The number of anilines is 1. The van der Waals surface area contributed by atoms with Gasteiger partial charge in [0.05, 0.1) is 17.2 Å². The highest BCUT2D eigenvalue weighted by atomic mass is 32.2. The van der Waals surface area contributed by atoms with Crippen LogP contribution >= 0.6 is 0 Å². The number of nitrogens with zero attached hydrogens (tertiary/aromatic N) is 1. The Balaban J connectivity index is 1.73. The van der Waals surface area contributed by atoms with Crippen molar-refractivity contribution in [2.45, 2.75) is 44.9 Å². The molecule has 1 N–H and O–H groups in total. The number of rotatable bonds is 12. The fourth-order valence-corrected chi connectivity index (χ4v) is 5.35. The van der Waals surface area contributed by atoms with Crippen molar-refractivity contribution in [1.29, 1.82) is 0 Å². The Hall–Kier alpha value is -3.32. The van der Waals surface area contributed by atoms with E-state index in [1.54, 1.807) is 36.4 Å². The van der Waals surface area contributed by atoms with E-state index >= 15 is 0 Å². The van der Waals surface area contributed by atoms with E-state index in [-0.39, 0.29) is 17.3 Å². The first-order valence-corrected chi connectivity index (χ1v) is 13.5. The van der Waals surface area contributed by atoms with Gasteiger partial charge in [0.25, 0.3) is 10.0 Å². The molecule has 0 fully saturated rings. The van der Waals surface area contributed by atoms with Crippen LogP contribution in [0.2, 0.25) is 0 Å². The fourth-order valence-electron chi connectivity index (χ4n) is 3.89. The van der Waals surface area contributed by atoms with Crippen LogP contribution in [0.3, 0.4) is 0 Å². The first-order valence-electron chi connectivity index (χ1n) is 12.0. The highest BCUT2D eigenvalue weighted by molar-refractivity contribution is 7.92. The number of sulfonamides is 1. The number of amides is 1. The molecule has 0 spiro atoms. The molecule has 0 aromatic heterocycles. The van der Waals surface area contributed by atoms with E-state index < -0.39 is 10.0 Å². The summed E-state index contributed by atoms with van der Waals surface area (Å²) in [6.45, 7) is 6.56. The van der Waals surface area contributed by atoms with Crippen molar-refractivity contribution >= 4 is 21.6 Å². The van der Waals surface area contributed by atoms with Crippen molar-refractivity contribution in [3.8, 4) is 5.75 Å². The fraction of sp³-hybridized carbons (Fsp3) is 0.321. The Morgan fingerprint density at radius 2 is 1.57 bits per heavy atom. The summed E-state index contributed by atoms with van der Waals surface area (Å²) in [6, 6.07) is 21.9. The van der Waals surface area contributed by atoms with Gasteiger partial charge in [-0.2, -0.15) is 0 Å². The summed E-state index contributed by atoms with van der Waals surface area (Å²) in [5.41, 5.74) is 3.44. The molecular weight excluding hydrogens is 460 g/mol. The van der Waals surface area contributed by atoms with E-state index in [2.05, 4.69) is 5.32 Å². The maximum absolute atomic E-state index is 13.6. The summed E-state index contributed by atoms with van der Waals surface area (Å²) in [5, 5.41) is 2.89. The van der Waals surface area contributed by atoms with Crippen LogP contribution in [0.15, 0.2) is 77.7 Å². The minimum atomic E-state index is -3.93. The molecule has 3 aromatic rings. The Bertz CT molecular complexity index is 1220. The van der Waals surface area contributed by atoms with E-state index in [0.29, 0.717) is 31.7 Å². The summed E-state index contributed by atoms with van der Waals surface area (Å²) in [6.07, 6.45) is 2.11. The van der Waals surface area contributed by atoms with Crippen LogP contribution in [0.5, 0.6) is 5.75 Å². The zero-order valence-electron chi connectivity index (χ0n) is 20.7. The minimum absolute atomic E-state index is 0.161. The standard InChI is InChI=1S/C28H34N2O4S/c1-4-23-11-6-8-14-26(23)30(35(32,33)25-18-16-22(3)17-19-25)21-28(31)29-20-10-13-24-12-7-9-15-27(24)34-5-2/h6-9,11-12,14-19H,4-5,10,13,20-21H2,1-3H3,(H,29,31). The molecule has 1 amide bonds. The first-order chi connectivity index (χ1) is 16.9. The molecule has 0 aliphatic carbocycles. The number of nitrogens with one attached hydrogen (secondary N) is 1. The van der Waals surface area contributed by atoms with E-state index in [1.807, 2.05) is 57.2 Å². The summed E-state index contributed by atoms with van der Waals surface area (Å²) >= 11 is 0. The average molecular weight is 495 g/mol. The normalized spacial score (nSPS) is 11.2. The summed E-state index contributed by atoms with van der Waals surface area (Å²) in [4.78, 5) is 13.1. The number of carbonyl (C=O) groups excluding carboxylic acids is 1. The lowest BCUT2D eigenvalue weighted by atomic mass is 10.1. The molecule has 0 unspecified atom stereocenters. The summed E-state index contributed by atoms with van der Waals surface area (Å²) < 4.78 is 34.1. The monoisotopic (exact) mass is 494 g/mol. The second kappa shape index (κ2) is 12.4. The van der Waals surface area contributed by atoms with E-state index in [4.69, 9.17) is 4.74 Å². The molecule has 6 nitrogen and oxygen atoms in total. The molecule has 0 heterocycles. The molecule has 0 bridgehead atoms. The lowest BCUT2D eigenvalue weighted by molar-refractivity contribution is -0.119. The molecule has 3 aromatic carbocycles. The van der Waals surface area contributed by atoms with Gasteiger partial charge >= 0.3 is 0 Å². The van der Waals surface area contributed by atoms with Gasteiger partial charge in [-0.05, 0) is 68.5 Å². The highest BCUT2D eigenvalue weighted by Crippen LogP contribution is 2.27. The predicted octanol–water partition coefficient (Wildman–Crippen LogP) is 4.90. The van der Waals surface area contributed by atoms with Crippen LogP contribution in [0.4, 0.5) is 5.69 Å². The van der Waals surface area contributed by atoms with Crippen molar-refractivity contribution in [3.05, 3.63) is 89.5 Å². The van der Waals surface area contributed by atoms with Gasteiger partial charge in [0.2, 0.25) is 5.91 Å². The second-order valence-corrected chi connectivity index (χ2v) is 10.2. The quantitative estimate of drug-likeness (QED) is 0.364. The van der Waals surface area contributed by atoms with Crippen molar-refractivity contribution in [2.24, 2.45) is 0 Å². The van der Waals surface area contributed by atoms with Gasteiger partial charge in [-0.1, -0.05) is 61.0 Å². The minimum Gasteiger partial charge on any atom is -0.494 e. The predicted molar refractivity (Wildman–Crippen MR) is 140 cm³/mol. The maximum atomic E-state index is 13.6. The number of benzene rings is 3. The Morgan fingerprint density at radius 3 is 2.26 bits per heavy atom. The third kappa shape index (κ3) is 6.85. The van der Waals surface area contributed by atoms with E-state index in [9.17, 15) is 13.2 Å². The number of ether oxygens (including phenoxy) is 1. The molecule has 7 heteroatoms. The molecular formula is C28H34N2O4S. The van der Waals surface area contributed by atoms with Gasteiger partial charge in [0.1, 0.15) is 12.3 Å². The SMILES string of the molecule is CCOc1ccccc1CCCNC(=O)CN(c1ccccc1CC)S(=O)(=O)c1ccc(C)cc1. The van der Waals surface area contributed by atoms with Crippen molar-refractivity contribution in [3.63, 3.8) is 0 Å². The van der Waals surface area contributed by atoms with Gasteiger partial charge in [-0.15, -0.1) is 0 Å². The molecule has 0 aliphatic rings. The topological polar surface area (TPSA) is 75.7 Å². The summed E-state index contributed by atoms with van der Waals surface area (Å²) in [7, 11) is -3.93. The van der Waals surface area contributed by atoms with Gasteiger partial charge in [0, 0.05) is 6.54 Å². The Labute approximate surface area is 209 Å². The van der Waals surface area contributed by atoms with Gasteiger partial charge in [-0.25, -0.2) is 8.42 Å². The zero-order chi connectivity index (χ0) is 25.3. The second-order valence-electron chi connectivity index (χ2n) is 8.30. The van der Waals surface area contributed by atoms with Crippen molar-refractivity contribution in [2.75, 3.05) is 24.0 Å². The number of para-hydroxylation sites is 2. The lowest BCUT2D eigenvalue weighted by Crippen LogP contribution is -2.41. The van der Waals surface area contributed by atoms with Gasteiger partial charge in [0.15, 0.2) is 0 Å². The third-order valence-electron chi connectivity index (χ3n) is 5.75. The van der Waals surface area contributed by atoms with Crippen molar-refractivity contribution in [1.82, 2.24) is 5.32 Å². The van der Waals surface area contributed by atoms with Crippen LogP contribution in [-0.4, -0.2) is 34.0 Å². The molecule has 186 valence electrons. The first kappa shape index (κ1) is 26.3. The molecule has 0 saturated carbocycles. The molecule has 0 radical (unpaired) electrons. The molecule has 0 atom stereocenters. The lowest BCUT2D eigenvalue weighted by Gasteiger charge is -2.26. The number of hydrogen-bond acceptors (Lipinski definition) is 4. The van der Waals surface area contributed by atoms with E-state index in [0.717, 1.165) is 28.9 Å². The van der Waals surface area contributed by atoms with E-state index in [1.165, 1.54) is 4.31 Å². The van der Waals surface area contributed by atoms with Crippen LogP contribution < -0.4 is 14.4 Å². The largest absolute Gasteiger partial charge is 0.494 e. The number of aryl methyl sites for hydroxylation is 3. The van der Waals surface area contributed by atoms with Gasteiger partial charge in [-0.3, -0.25) is 9.10 Å². The third-order valence-corrected chi connectivity index (χ3v) is 7.53. The maximum Gasteiger partial charge on any atom is 0.264 e. The molecule has 3 rings (SSSR count). The summed E-state index contributed by atoms with van der Waals surface area (Å²) in [5.74, 6) is 0.512. The Morgan fingerprint density at radius 1 is 0.914 bits per heavy atom.